The fourth-order valence-electron chi connectivity index (χ4n) is 1.78. The van der Waals surface area contributed by atoms with Crippen molar-refractivity contribution in [3.8, 4) is 0 Å². The Kier molecular flexibility index (Phi) is 9.09. The van der Waals surface area contributed by atoms with Gasteiger partial charge in [0.2, 0.25) is 0 Å². The topological polar surface area (TPSA) is 114 Å². The highest BCUT2D eigenvalue weighted by atomic mass is 32.2. The summed E-state index contributed by atoms with van der Waals surface area (Å²) in [6.07, 6.45) is 2.23. The maximum Gasteiger partial charge on any atom is 0.329 e. The predicted molar refractivity (Wildman–Crippen MR) is 94.3 cm³/mol. The third-order valence-electron chi connectivity index (χ3n) is 3.06. The van der Waals surface area contributed by atoms with Crippen LogP contribution in [0.5, 0.6) is 0 Å². The van der Waals surface area contributed by atoms with Crippen LogP contribution in [-0.4, -0.2) is 55.5 Å². The van der Waals surface area contributed by atoms with Crippen LogP contribution >= 0.6 is 11.8 Å². The van der Waals surface area contributed by atoms with Gasteiger partial charge in [-0.05, 0) is 30.6 Å². The lowest BCUT2D eigenvalue weighted by Crippen LogP contribution is -2.44. The molecule has 1 rings (SSSR count). The molecule has 0 fully saturated rings. The molecule has 1 atom stereocenters. The van der Waals surface area contributed by atoms with Gasteiger partial charge in [-0.15, -0.1) is 0 Å². The molecule has 0 aliphatic heterocycles. The Labute approximate surface area is 150 Å². The van der Waals surface area contributed by atoms with Crippen molar-refractivity contribution >= 4 is 35.6 Å². The van der Waals surface area contributed by atoms with Crippen LogP contribution in [0.4, 0.5) is 4.79 Å². The fraction of sp³-hybridized carbons (Fsp3) is 0.375. The maximum absolute atomic E-state index is 12.2. The number of imide groups is 1. The average molecular weight is 367 g/mol. The maximum atomic E-state index is 12.2. The van der Waals surface area contributed by atoms with Crippen molar-refractivity contribution in [2.75, 3.05) is 25.7 Å². The first-order valence-electron chi connectivity index (χ1n) is 7.51. The summed E-state index contributed by atoms with van der Waals surface area (Å²) in [5.41, 5.74) is 0.418. The molecule has 0 saturated heterocycles. The summed E-state index contributed by atoms with van der Waals surface area (Å²) >= 11 is 1.51. The molecule has 0 aromatic heterocycles. The Hall–Kier alpha value is -2.55. The van der Waals surface area contributed by atoms with Crippen molar-refractivity contribution in [2.24, 2.45) is 0 Å². The lowest BCUT2D eigenvalue weighted by atomic mass is 10.1. The van der Waals surface area contributed by atoms with Crippen LogP contribution in [0.25, 0.3) is 0 Å². The highest BCUT2D eigenvalue weighted by molar-refractivity contribution is 7.98. The van der Waals surface area contributed by atoms with Crippen molar-refractivity contribution in [1.29, 1.82) is 0 Å². The average Bonchev–Trinajstić information content (AvgIpc) is 2.63. The Balaban J connectivity index is 2.61. The summed E-state index contributed by atoms with van der Waals surface area (Å²) in [5, 5.41) is 6.79. The first kappa shape index (κ1) is 20.5. The normalized spacial score (nSPS) is 11.1. The first-order valence-corrected chi connectivity index (χ1v) is 8.90. The van der Waals surface area contributed by atoms with E-state index in [0.717, 1.165) is 0 Å². The predicted octanol–water partition coefficient (Wildman–Crippen LogP) is 0.537. The molecular formula is C16H21N3O5S. The zero-order chi connectivity index (χ0) is 18.7. The van der Waals surface area contributed by atoms with E-state index in [2.05, 4.69) is 10.6 Å². The second-order valence-corrected chi connectivity index (χ2v) is 5.89. The van der Waals surface area contributed by atoms with Gasteiger partial charge in [0.1, 0.15) is 6.04 Å². The van der Waals surface area contributed by atoms with E-state index in [1.165, 1.54) is 18.8 Å². The van der Waals surface area contributed by atoms with Crippen LogP contribution in [0.3, 0.4) is 0 Å². The van der Waals surface area contributed by atoms with Crippen molar-refractivity contribution in [2.45, 2.75) is 12.5 Å². The monoisotopic (exact) mass is 367 g/mol. The van der Waals surface area contributed by atoms with Crippen LogP contribution in [0, 0.1) is 0 Å². The number of benzene rings is 1. The van der Waals surface area contributed by atoms with Gasteiger partial charge in [-0.25, -0.2) is 9.59 Å². The molecule has 0 aliphatic carbocycles. The molecule has 0 heterocycles. The molecule has 0 bridgehead atoms. The molecular weight excluding hydrogens is 346 g/mol. The van der Waals surface area contributed by atoms with Gasteiger partial charge in [0, 0.05) is 12.6 Å². The lowest BCUT2D eigenvalue weighted by molar-refractivity contribution is -0.150. The van der Waals surface area contributed by atoms with Gasteiger partial charge < -0.3 is 15.4 Å². The quantitative estimate of drug-likeness (QED) is 0.578. The number of carbonyl (C=O) groups is 4. The molecule has 9 heteroatoms. The van der Waals surface area contributed by atoms with E-state index in [4.69, 9.17) is 4.74 Å². The fourth-order valence-corrected chi connectivity index (χ4v) is 2.25. The van der Waals surface area contributed by atoms with Gasteiger partial charge in [0.25, 0.3) is 11.8 Å². The van der Waals surface area contributed by atoms with E-state index in [9.17, 15) is 19.2 Å². The van der Waals surface area contributed by atoms with Gasteiger partial charge >= 0.3 is 12.0 Å². The summed E-state index contributed by atoms with van der Waals surface area (Å²) in [4.78, 5) is 46.8. The minimum absolute atomic E-state index is 0.357. The number of urea groups is 1. The van der Waals surface area contributed by atoms with E-state index in [0.29, 0.717) is 17.7 Å². The van der Waals surface area contributed by atoms with Gasteiger partial charge in [-0.2, -0.15) is 11.8 Å². The third kappa shape index (κ3) is 7.71. The van der Waals surface area contributed by atoms with Crippen LogP contribution in [-0.2, 0) is 14.3 Å². The molecule has 136 valence electrons. The van der Waals surface area contributed by atoms with E-state index in [-0.39, 0.29) is 0 Å². The number of hydrogen-bond acceptors (Lipinski definition) is 6. The molecule has 4 amide bonds. The Morgan fingerprint density at radius 2 is 1.84 bits per heavy atom. The highest BCUT2D eigenvalue weighted by Gasteiger charge is 2.23. The standard InChI is InChI=1S/C16H21N3O5S/c1-17-16(23)19-13(20)10-24-15(22)12(8-9-25-2)18-14(21)11-6-4-3-5-7-11/h3-7,12H,8-10H2,1-2H3,(H,18,21)(H2,17,19,20,23)/t12-/m1/s1. The van der Waals surface area contributed by atoms with E-state index < -0.39 is 36.5 Å². The van der Waals surface area contributed by atoms with Crippen LogP contribution in [0.2, 0.25) is 0 Å². The number of hydrogen-bond donors (Lipinski definition) is 3. The number of ether oxygens (including phenoxy) is 1. The molecule has 1 aromatic carbocycles. The molecule has 25 heavy (non-hydrogen) atoms. The molecule has 0 aliphatic rings. The Morgan fingerprint density at radius 1 is 1.16 bits per heavy atom. The number of nitrogens with one attached hydrogen (secondary N) is 3. The summed E-state index contributed by atoms with van der Waals surface area (Å²) in [6, 6.07) is 6.89. The number of thioether (sulfide) groups is 1. The minimum Gasteiger partial charge on any atom is -0.454 e. The van der Waals surface area contributed by atoms with E-state index in [1.54, 1.807) is 30.3 Å². The molecule has 1 aromatic rings. The lowest BCUT2D eigenvalue weighted by Gasteiger charge is -2.17. The van der Waals surface area contributed by atoms with Crippen molar-refractivity contribution < 1.29 is 23.9 Å². The summed E-state index contributed by atoms with van der Waals surface area (Å²) < 4.78 is 4.89. The second kappa shape index (κ2) is 11.1. The number of amides is 4. The van der Waals surface area contributed by atoms with Gasteiger partial charge in [-0.3, -0.25) is 14.9 Å². The SMILES string of the molecule is CNC(=O)NC(=O)COC(=O)[C@@H](CCSC)NC(=O)c1ccccc1. The Bertz CT molecular complexity index is 609. The molecule has 0 radical (unpaired) electrons. The van der Waals surface area contributed by atoms with Crippen LogP contribution in [0.15, 0.2) is 30.3 Å². The molecule has 0 saturated carbocycles. The zero-order valence-electron chi connectivity index (χ0n) is 14.0. The van der Waals surface area contributed by atoms with E-state index >= 15 is 0 Å². The molecule has 0 spiro atoms. The van der Waals surface area contributed by atoms with Crippen LogP contribution < -0.4 is 16.0 Å². The first-order chi connectivity index (χ1) is 12.0. The summed E-state index contributed by atoms with van der Waals surface area (Å²) in [6.45, 7) is -0.608. The van der Waals surface area contributed by atoms with Crippen molar-refractivity contribution in [1.82, 2.24) is 16.0 Å². The summed E-state index contributed by atoms with van der Waals surface area (Å²) in [5.74, 6) is -1.27. The smallest absolute Gasteiger partial charge is 0.329 e. The Morgan fingerprint density at radius 3 is 2.44 bits per heavy atom. The molecule has 8 nitrogen and oxygen atoms in total. The zero-order valence-corrected chi connectivity index (χ0v) is 14.9. The molecule has 3 N–H and O–H groups in total. The number of esters is 1. The third-order valence-corrected chi connectivity index (χ3v) is 3.71. The highest BCUT2D eigenvalue weighted by Crippen LogP contribution is 2.05. The molecule has 0 unspecified atom stereocenters. The van der Waals surface area contributed by atoms with E-state index in [1.807, 2.05) is 11.6 Å². The van der Waals surface area contributed by atoms with Crippen molar-refractivity contribution in [3.05, 3.63) is 35.9 Å². The largest absolute Gasteiger partial charge is 0.454 e. The van der Waals surface area contributed by atoms with Gasteiger partial charge in [0.15, 0.2) is 6.61 Å². The van der Waals surface area contributed by atoms with Crippen molar-refractivity contribution in [3.63, 3.8) is 0 Å². The van der Waals surface area contributed by atoms with Gasteiger partial charge in [-0.1, -0.05) is 18.2 Å². The second-order valence-electron chi connectivity index (χ2n) is 4.91. The van der Waals surface area contributed by atoms with Crippen LogP contribution in [0.1, 0.15) is 16.8 Å². The summed E-state index contributed by atoms with van der Waals surface area (Å²) in [7, 11) is 1.35. The van der Waals surface area contributed by atoms with Gasteiger partial charge in [0.05, 0.1) is 0 Å². The number of carbonyl (C=O) groups excluding carboxylic acids is 4. The number of rotatable bonds is 8. The minimum atomic E-state index is -0.882.